The van der Waals surface area contributed by atoms with Gasteiger partial charge in [0.25, 0.3) is 0 Å². The summed E-state index contributed by atoms with van der Waals surface area (Å²) in [4.78, 5) is 12.2. The molecule has 5 heteroatoms. The fourth-order valence-electron chi connectivity index (χ4n) is 2.74. The average Bonchev–Trinajstić information content (AvgIpc) is 3.04. The molecule has 3 rings (SSSR count). The standard InChI is InChI=1S/C15H21N5/c1-10-6-7-12-13(8-10)20-14(19-12)9-17-15(16)18-11-4-2-3-5-11/h6-8,11H,2-5,9H2,1H3,(H,19,20)(H3,16,17,18). The number of nitrogens with two attached hydrogens (primary N) is 1. The first kappa shape index (κ1) is 13.0. The number of nitrogens with one attached hydrogen (secondary N) is 2. The highest BCUT2D eigenvalue weighted by atomic mass is 15.1. The first-order chi connectivity index (χ1) is 9.70. The Morgan fingerprint density at radius 1 is 1.45 bits per heavy atom. The van der Waals surface area contributed by atoms with Gasteiger partial charge in [0.15, 0.2) is 5.96 Å². The van der Waals surface area contributed by atoms with Crippen molar-refractivity contribution in [2.24, 2.45) is 10.7 Å². The Morgan fingerprint density at radius 3 is 3.05 bits per heavy atom. The summed E-state index contributed by atoms with van der Waals surface area (Å²) in [5, 5.41) is 3.28. The molecule has 0 atom stereocenters. The minimum absolute atomic E-state index is 0.485. The van der Waals surface area contributed by atoms with Crippen LogP contribution in [0.1, 0.15) is 37.1 Å². The molecule has 0 spiro atoms. The van der Waals surface area contributed by atoms with E-state index in [2.05, 4.69) is 39.3 Å². The Morgan fingerprint density at radius 2 is 2.25 bits per heavy atom. The molecule has 1 saturated carbocycles. The third kappa shape index (κ3) is 2.92. The summed E-state index contributed by atoms with van der Waals surface area (Å²) in [6.07, 6.45) is 4.96. The Labute approximate surface area is 118 Å². The van der Waals surface area contributed by atoms with Gasteiger partial charge in [0.1, 0.15) is 12.4 Å². The maximum absolute atomic E-state index is 5.92. The van der Waals surface area contributed by atoms with Crippen molar-refractivity contribution in [2.45, 2.75) is 45.2 Å². The molecule has 1 aromatic carbocycles. The van der Waals surface area contributed by atoms with Gasteiger partial charge >= 0.3 is 0 Å². The molecule has 0 saturated heterocycles. The van der Waals surface area contributed by atoms with Crippen LogP contribution in [0.5, 0.6) is 0 Å². The zero-order valence-electron chi connectivity index (χ0n) is 11.8. The number of rotatable bonds is 3. The lowest BCUT2D eigenvalue weighted by Gasteiger charge is -2.11. The van der Waals surface area contributed by atoms with Crippen LogP contribution in [0.25, 0.3) is 11.0 Å². The van der Waals surface area contributed by atoms with E-state index in [1.807, 2.05) is 6.07 Å². The fraction of sp³-hybridized carbons (Fsp3) is 0.467. The topological polar surface area (TPSA) is 79.1 Å². The van der Waals surface area contributed by atoms with Crippen molar-refractivity contribution < 1.29 is 0 Å². The van der Waals surface area contributed by atoms with E-state index >= 15 is 0 Å². The molecule has 1 aromatic heterocycles. The van der Waals surface area contributed by atoms with Gasteiger partial charge in [-0.2, -0.15) is 0 Å². The van der Waals surface area contributed by atoms with Crippen molar-refractivity contribution in [2.75, 3.05) is 0 Å². The number of nitrogens with zero attached hydrogens (tertiary/aromatic N) is 2. The predicted molar refractivity (Wildman–Crippen MR) is 81.5 cm³/mol. The van der Waals surface area contributed by atoms with Crippen molar-refractivity contribution in [3.63, 3.8) is 0 Å². The van der Waals surface area contributed by atoms with Crippen LogP contribution >= 0.6 is 0 Å². The molecule has 0 aliphatic heterocycles. The van der Waals surface area contributed by atoms with Crippen molar-refractivity contribution in [3.05, 3.63) is 29.6 Å². The number of fused-ring (bicyclic) bond motifs is 1. The molecule has 2 aromatic rings. The molecular formula is C15H21N5. The van der Waals surface area contributed by atoms with Crippen molar-refractivity contribution in [3.8, 4) is 0 Å². The lowest BCUT2D eigenvalue weighted by Crippen LogP contribution is -2.38. The van der Waals surface area contributed by atoms with Crippen LogP contribution in [-0.2, 0) is 6.54 Å². The monoisotopic (exact) mass is 271 g/mol. The molecule has 106 valence electrons. The van der Waals surface area contributed by atoms with Gasteiger partial charge in [-0.1, -0.05) is 18.9 Å². The minimum Gasteiger partial charge on any atom is -0.370 e. The van der Waals surface area contributed by atoms with E-state index in [9.17, 15) is 0 Å². The van der Waals surface area contributed by atoms with Crippen LogP contribution in [0.4, 0.5) is 0 Å². The molecule has 1 heterocycles. The minimum atomic E-state index is 0.485. The maximum atomic E-state index is 5.92. The van der Waals surface area contributed by atoms with E-state index in [1.54, 1.807) is 0 Å². The van der Waals surface area contributed by atoms with E-state index in [1.165, 1.54) is 31.2 Å². The molecule has 0 amide bonds. The smallest absolute Gasteiger partial charge is 0.189 e. The van der Waals surface area contributed by atoms with Crippen molar-refractivity contribution >= 4 is 17.0 Å². The van der Waals surface area contributed by atoms with Gasteiger partial charge in [0, 0.05) is 6.04 Å². The van der Waals surface area contributed by atoms with Crippen LogP contribution < -0.4 is 11.1 Å². The van der Waals surface area contributed by atoms with Crippen molar-refractivity contribution in [1.29, 1.82) is 0 Å². The highest BCUT2D eigenvalue weighted by molar-refractivity contribution is 5.78. The molecule has 1 fully saturated rings. The number of aryl methyl sites for hydroxylation is 1. The molecule has 20 heavy (non-hydrogen) atoms. The normalized spacial score (nSPS) is 16.9. The largest absolute Gasteiger partial charge is 0.370 e. The Bertz CT molecular complexity index is 622. The zero-order valence-corrected chi connectivity index (χ0v) is 11.8. The molecule has 0 radical (unpaired) electrons. The summed E-state index contributed by atoms with van der Waals surface area (Å²) in [5.41, 5.74) is 9.17. The molecule has 5 nitrogen and oxygen atoms in total. The quantitative estimate of drug-likeness (QED) is 0.591. The van der Waals surface area contributed by atoms with Gasteiger partial charge in [-0.25, -0.2) is 9.98 Å². The number of imidazole rings is 1. The van der Waals surface area contributed by atoms with Crippen LogP contribution in [0.15, 0.2) is 23.2 Å². The third-order valence-corrected chi connectivity index (χ3v) is 3.79. The van der Waals surface area contributed by atoms with Crippen molar-refractivity contribution in [1.82, 2.24) is 15.3 Å². The Balaban J connectivity index is 1.66. The zero-order chi connectivity index (χ0) is 13.9. The van der Waals surface area contributed by atoms with Crippen LogP contribution in [-0.4, -0.2) is 22.0 Å². The summed E-state index contributed by atoms with van der Waals surface area (Å²) < 4.78 is 0. The number of hydrogen-bond acceptors (Lipinski definition) is 2. The van der Waals surface area contributed by atoms with E-state index in [0.29, 0.717) is 18.5 Å². The second kappa shape index (κ2) is 5.53. The molecular weight excluding hydrogens is 250 g/mol. The SMILES string of the molecule is Cc1ccc2nc(CN=C(N)NC3CCCC3)[nH]c2c1. The molecule has 1 aliphatic carbocycles. The summed E-state index contributed by atoms with van der Waals surface area (Å²) in [5.74, 6) is 1.37. The summed E-state index contributed by atoms with van der Waals surface area (Å²) in [6, 6.07) is 6.67. The number of aromatic amines is 1. The lowest BCUT2D eigenvalue weighted by atomic mass is 10.2. The maximum Gasteiger partial charge on any atom is 0.189 e. The molecule has 0 unspecified atom stereocenters. The average molecular weight is 271 g/mol. The Kier molecular flexibility index (Phi) is 3.58. The second-order valence-corrected chi connectivity index (χ2v) is 5.53. The molecule has 4 N–H and O–H groups in total. The van der Waals surface area contributed by atoms with Gasteiger partial charge in [0.2, 0.25) is 0 Å². The number of benzene rings is 1. The number of hydrogen-bond donors (Lipinski definition) is 3. The number of aliphatic imine (C=N–C) groups is 1. The van der Waals surface area contributed by atoms with Gasteiger partial charge in [-0.05, 0) is 37.5 Å². The van der Waals surface area contributed by atoms with Crippen LogP contribution in [0, 0.1) is 6.92 Å². The van der Waals surface area contributed by atoms with E-state index in [0.717, 1.165) is 16.9 Å². The molecule has 0 bridgehead atoms. The fourth-order valence-corrected chi connectivity index (χ4v) is 2.74. The van der Waals surface area contributed by atoms with Gasteiger partial charge in [-0.3, -0.25) is 0 Å². The van der Waals surface area contributed by atoms with Crippen LogP contribution in [0.2, 0.25) is 0 Å². The van der Waals surface area contributed by atoms with E-state index < -0.39 is 0 Å². The number of H-pyrrole nitrogens is 1. The first-order valence-corrected chi connectivity index (χ1v) is 7.22. The predicted octanol–water partition coefficient (Wildman–Crippen LogP) is 2.22. The Hall–Kier alpha value is -2.04. The highest BCUT2D eigenvalue weighted by Gasteiger charge is 2.14. The van der Waals surface area contributed by atoms with E-state index in [-0.39, 0.29) is 0 Å². The molecule has 1 aliphatic rings. The highest BCUT2D eigenvalue weighted by Crippen LogP contribution is 2.17. The van der Waals surface area contributed by atoms with Gasteiger partial charge in [0.05, 0.1) is 11.0 Å². The van der Waals surface area contributed by atoms with Gasteiger partial charge < -0.3 is 16.0 Å². The second-order valence-electron chi connectivity index (χ2n) is 5.53. The number of aromatic nitrogens is 2. The first-order valence-electron chi connectivity index (χ1n) is 7.22. The summed E-state index contributed by atoms with van der Waals surface area (Å²) in [6.45, 7) is 2.56. The summed E-state index contributed by atoms with van der Waals surface area (Å²) >= 11 is 0. The van der Waals surface area contributed by atoms with Gasteiger partial charge in [-0.15, -0.1) is 0 Å². The van der Waals surface area contributed by atoms with Crippen LogP contribution in [0.3, 0.4) is 0 Å². The number of guanidine groups is 1. The summed E-state index contributed by atoms with van der Waals surface area (Å²) in [7, 11) is 0. The third-order valence-electron chi connectivity index (χ3n) is 3.79. The van der Waals surface area contributed by atoms with E-state index in [4.69, 9.17) is 5.73 Å². The lowest BCUT2D eigenvalue weighted by molar-refractivity contribution is 0.625.